The summed E-state index contributed by atoms with van der Waals surface area (Å²) in [6.07, 6.45) is -0.00953. The highest BCUT2D eigenvalue weighted by Crippen LogP contribution is 2.18. The Bertz CT molecular complexity index is 543. The van der Waals surface area contributed by atoms with Gasteiger partial charge in [-0.1, -0.05) is 12.1 Å². The molecule has 0 aliphatic carbocycles. The monoisotopic (exact) mass is 232 g/mol. The molecule has 1 aromatic heterocycles. The smallest absolute Gasteiger partial charge is 0.307 e. The highest BCUT2D eigenvalue weighted by Gasteiger charge is 2.06. The van der Waals surface area contributed by atoms with Crippen molar-refractivity contribution in [3.63, 3.8) is 0 Å². The number of hydrogen-bond acceptors (Lipinski definition) is 3. The van der Waals surface area contributed by atoms with Crippen molar-refractivity contribution in [3.05, 3.63) is 41.6 Å². The third-order valence-electron chi connectivity index (χ3n) is 2.35. The SMILES string of the molecule is Cc1cc(O)n(-c2ccc(CC(=O)O)cc2)n1. The van der Waals surface area contributed by atoms with Gasteiger partial charge >= 0.3 is 5.97 Å². The lowest BCUT2D eigenvalue weighted by Gasteiger charge is -2.04. The molecule has 0 fully saturated rings. The summed E-state index contributed by atoms with van der Waals surface area (Å²) in [5, 5.41) is 22.4. The summed E-state index contributed by atoms with van der Waals surface area (Å²) in [5.41, 5.74) is 2.13. The van der Waals surface area contributed by atoms with Crippen LogP contribution in [0.15, 0.2) is 30.3 Å². The number of nitrogens with zero attached hydrogens (tertiary/aromatic N) is 2. The molecule has 1 heterocycles. The van der Waals surface area contributed by atoms with Crippen LogP contribution in [0.2, 0.25) is 0 Å². The van der Waals surface area contributed by atoms with E-state index in [-0.39, 0.29) is 12.3 Å². The van der Waals surface area contributed by atoms with Crippen LogP contribution in [0.3, 0.4) is 0 Å². The molecule has 0 spiro atoms. The lowest BCUT2D eigenvalue weighted by atomic mass is 10.1. The first-order chi connectivity index (χ1) is 8.06. The predicted octanol–water partition coefficient (Wildman–Crippen LogP) is 1.51. The molecule has 0 amide bonds. The summed E-state index contributed by atoms with van der Waals surface area (Å²) in [4.78, 5) is 10.5. The molecule has 0 aliphatic rings. The van der Waals surface area contributed by atoms with E-state index in [1.165, 1.54) is 4.68 Å². The minimum absolute atomic E-state index is 0.00953. The van der Waals surface area contributed by atoms with Gasteiger partial charge in [0.05, 0.1) is 17.8 Å². The molecule has 0 aliphatic heterocycles. The maximum Gasteiger partial charge on any atom is 0.307 e. The molecule has 0 unspecified atom stereocenters. The molecule has 0 bridgehead atoms. The van der Waals surface area contributed by atoms with Gasteiger partial charge in [0.25, 0.3) is 0 Å². The molecule has 0 saturated carbocycles. The number of aliphatic carboxylic acids is 1. The number of hydrogen-bond donors (Lipinski definition) is 2. The fourth-order valence-electron chi connectivity index (χ4n) is 1.61. The average Bonchev–Trinajstić information content (AvgIpc) is 2.58. The van der Waals surface area contributed by atoms with Crippen molar-refractivity contribution < 1.29 is 15.0 Å². The number of carbonyl (C=O) groups is 1. The van der Waals surface area contributed by atoms with Gasteiger partial charge in [0, 0.05) is 6.07 Å². The molecule has 0 atom stereocenters. The van der Waals surface area contributed by atoms with E-state index < -0.39 is 5.97 Å². The van der Waals surface area contributed by atoms with Crippen molar-refractivity contribution in [1.82, 2.24) is 9.78 Å². The third kappa shape index (κ3) is 2.44. The molecule has 5 nitrogen and oxygen atoms in total. The zero-order valence-corrected chi connectivity index (χ0v) is 9.29. The largest absolute Gasteiger partial charge is 0.493 e. The summed E-state index contributed by atoms with van der Waals surface area (Å²) < 4.78 is 1.40. The van der Waals surface area contributed by atoms with Crippen molar-refractivity contribution in [3.8, 4) is 11.6 Å². The number of aromatic hydroxyl groups is 1. The quantitative estimate of drug-likeness (QED) is 0.841. The van der Waals surface area contributed by atoms with Crippen LogP contribution in [0.4, 0.5) is 0 Å². The van der Waals surface area contributed by atoms with Crippen LogP contribution in [-0.2, 0) is 11.2 Å². The van der Waals surface area contributed by atoms with Gasteiger partial charge in [0.1, 0.15) is 0 Å². The van der Waals surface area contributed by atoms with Gasteiger partial charge in [-0.3, -0.25) is 4.79 Å². The summed E-state index contributed by atoms with van der Waals surface area (Å²) in [7, 11) is 0. The first kappa shape index (κ1) is 11.2. The van der Waals surface area contributed by atoms with Crippen LogP contribution < -0.4 is 0 Å². The van der Waals surface area contributed by atoms with Gasteiger partial charge in [-0.25, -0.2) is 4.68 Å². The third-order valence-corrected chi connectivity index (χ3v) is 2.35. The zero-order valence-electron chi connectivity index (χ0n) is 9.29. The summed E-state index contributed by atoms with van der Waals surface area (Å²) in [6.45, 7) is 1.79. The second-order valence-electron chi connectivity index (χ2n) is 3.79. The lowest BCUT2D eigenvalue weighted by Crippen LogP contribution is -2.01. The Kier molecular flexibility index (Phi) is 2.82. The molecule has 2 rings (SSSR count). The standard InChI is InChI=1S/C12H12N2O3/c1-8-6-11(15)14(13-8)10-4-2-9(3-5-10)7-12(16)17/h2-6,15H,7H2,1H3,(H,16,17). The van der Waals surface area contributed by atoms with Crippen molar-refractivity contribution in [2.45, 2.75) is 13.3 Å². The molecular weight excluding hydrogens is 220 g/mol. The Morgan fingerprint density at radius 1 is 1.35 bits per heavy atom. The van der Waals surface area contributed by atoms with Gasteiger partial charge in [0.2, 0.25) is 5.88 Å². The first-order valence-corrected chi connectivity index (χ1v) is 5.13. The molecule has 0 saturated heterocycles. The molecule has 2 aromatic rings. The molecule has 2 N–H and O–H groups in total. The van der Waals surface area contributed by atoms with Crippen LogP contribution in [0.1, 0.15) is 11.3 Å². The number of aromatic nitrogens is 2. The van der Waals surface area contributed by atoms with Gasteiger partial charge in [0.15, 0.2) is 0 Å². The van der Waals surface area contributed by atoms with Crippen LogP contribution in [0.5, 0.6) is 5.88 Å². The van der Waals surface area contributed by atoms with Crippen LogP contribution >= 0.6 is 0 Å². The molecule has 0 radical (unpaired) electrons. The lowest BCUT2D eigenvalue weighted by molar-refractivity contribution is -0.136. The number of aryl methyl sites for hydroxylation is 1. The molecule has 17 heavy (non-hydrogen) atoms. The molecule has 1 aromatic carbocycles. The van der Waals surface area contributed by atoms with E-state index in [0.29, 0.717) is 11.3 Å². The van der Waals surface area contributed by atoms with E-state index in [1.807, 2.05) is 0 Å². The summed E-state index contributed by atoms with van der Waals surface area (Å²) in [6, 6.07) is 8.43. The number of carboxylic acids is 1. The van der Waals surface area contributed by atoms with Crippen LogP contribution in [-0.4, -0.2) is 26.0 Å². The van der Waals surface area contributed by atoms with Gasteiger partial charge in [-0.2, -0.15) is 5.10 Å². The average molecular weight is 232 g/mol. The fourth-order valence-corrected chi connectivity index (χ4v) is 1.61. The van der Waals surface area contributed by atoms with E-state index in [2.05, 4.69) is 5.10 Å². The van der Waals surface area contributed by atoms with E-state index in [9.17, 15) is 9.90 Å². The molecule has 88 valence electrons. The Balaban J connectivity index is 2.29. The maximum absolute atomic E-state index is 10.5. The highest BCUT2D eigenvalue weighted by molar-refractivity contribution is 5.70. The maximum atomic E-state index is 10.5. The number of carboxylic acid groups (broad SMARTS) is 1. The van der Waals surface area contributed by atoms with Gasteiger partial charge in [-0.15, -0.1) is 0 Å². The summed E-state index contributed by atoms with van der Waals surface area (Å²) >= 11 is 0. The van der Waals surface area contributed by atoms with Crippen molar-refractivity contribution in [2.24, 2.45) is 0 Å². The van der Waals surface area contributed by atoms with Gasteiger partial charge in [-0.05, 0) is 24.6 Å². The predicted molar refractivity (Wildman–Crippen MR) is 61.3 cm³/mol. The Hall–Kier alpha value is -2.30. The Morgan fingerprint density at radius 2 is 2.00 bits per heavy atom. The van der Waals surface area contributed by atoms with E-state index >= 15 is 0 Å². The topological polar surface area (TPSA) is 75.4 Å². The molecule has 5 heteroatoms. The second kappa shape index (κ2) is 4.29. The van der Waals surface area contributed by atoms with Crippen LogP contribution in [0, 0.1) is 6.92 Å². The van der Waals surface area contributed by atoms with E-state index in [4.69, 9.17) is 5.11 Å². The van der Waals surface area contributed by atoms with Crippen molar-refractivity contribution >= 4 is 5.97 Å². The van der Waals surface area contributed by atoms with Gasteiger partial charge < -0.3 is 10.2 Å². The zero-order chi connectivity index (χ0) is 12.4. The van der Waals surface area contributed by atoms with Crippen molar-refractivity contribution in [1.29, 1.82) is 0 Å². The van der Waals surface area contributed by atoms with E-state index in [0.717, 1.165) is 5.69 Å². The number of benzene rings is 1. The minimum atomic E-state index is -0.865. The first-order valence-electron chi connectivity index (χ1n) is 5.13. The summed E-state index contributed by atoms with van der Waals surface area (Å²) in [5.74, 6) is -0.802. The van der Waals surface area contributed by atoms with E-state index in [1.54, 1.807) is 37.3 Å². The van der Waals surface area contributed by atoms with Crippen molar-refractivity contribution in [2.75, 3.05) is 0 Å². The normalized spacial score (nSPS) is 10.4. The Labute approximate surface area is 97.9 Å². The number of rotatable bonds is 3. The highest BCUT2D eigenvalue weighted by atomic mass is 16.4. The fraction of sp³-hybridized carbons (Fsp3) is 0.167. The van der Waals surface area contributed by atoms with Crippen LogP contribution in [0.25, 0.3) is 5.69 Å². The Morgan fingerprint density at radius 3 is 2.47 bits per heavy atom. The molecular formula is C12H12N2O3. The second-order valence-corrected chi connectivity index (χ2v) is 3.79. The minimum Gasteiger partial charge on any atom is -0.493 e.